The van der Waals surface area contributed by atoms with Crippen LogP contribution in [0.2, 0.25) is 0 Å². The topological polar surface area (TPSA) is 7.76 Å². The average Bonchev–Trinajstić information content (AvgIpc) is 2.74. The molecule has 3 rings (SSSR count). The Morgan fingerprint density at radius 3 is 1.52 bits per heavy atom. The van der Waals surface area contributed by atoms with Crippen molar-refractivity contribution >= 4 is 0 Å². The minimum atomic E-state index is 0.991. The van der Waals surface area contributed by atoms with Crippen LogP contribution in [0, 0.1) is 23.7 Å². The lowest BCUT2D eigenvalue weighted by Gasteiger charge is -2.00. The van der Waals surface area contributed by atoms with Gasteiger partial charge in [-0.2, -0.15) is 0 Å². The highest BCUT2D eigenvalue weighted by Gasteiger charge is 2.03. The predicted molar refractivity (Wildman–Crippen MR) is 118 cm³/mol. The van der Waals surface area contributed by atoms with E-state index in [1.807, 2.05) is 0 Å². The van der Waals surface area contributed by atoms with E-state index >= 15 is 0 Å². The van der Waals surface area contributed by atoms with Gasteiger partial charge in [0.1, 0.15) is 13.1 Å². The van der Waals surface area contributed by atoms with E-state index in [-0.39, 0.29) is 0 Å². The predicted octanol–water partition coefficient (Wildman–Crippen LogP) is 4.97. The van der Waals surface area contributed by atoms with Gasteiger partial charge < -0.3 is 0 Å². The molecule has 1 aliphatic heterocycles. The van der Waals surface area contributed by atoms with Gasteiger partial charge in [-0.25, -0.2) is 9.13 Å². The molecule has 0 fully saturated rings. The second-order valence-electron chi connectivity index (χ2n) is 7.95. The van der Waals surface area contributed by atoms with Crippen molar-refractivity contribution in [3.63, 3.8) is 0 Å². The van der Waals surface area contributed by atoms with Crippen LogP contribution in [0.1, 0.15) is 81.8 Å². The van der Waals surface area contributed by atoms with Gasteiger partial charge in [-0.15, -0.1) is 0 Å². The minimum absolute atomic E-state index is 0.991. The summed E-state index contributed by atoms with van der Waals surface area (Å²) in [5.74, 6) is 13.4. The van der Waals surface area contributed by atoms with E-state index in [4.69, 9.17) is 0 Å². The molecule has 0 N–H and O–H groups in total. The first-order valence-corrected chi connectivity index (χ1v) is 11.4. The van der Waals surface area contributed by atoms with Crippen molar-refractivity contribution in [2.45, 2.75) is 83.7 Å². The van der Waals surface area contributed by atoms with Gasteiger partial charge in [-0.1, -0.05) is 42.9 Å². The molecular formula is C27H34N2+2. The van der Waals surface area contributed by atoms with E-state index in [1.165, 1.54) is 57.8 Å². The van der Waals surface area contributed by atoms with Crippen LogP contribution >= 0.6 is 0 Å². The maximum absolute atomic E-state index is 3.35. The van der Waals surface area contributed by atoms with Crippen molar-refractivity contribution in [3.05, 3.63) is 60.2 Å². The standard InChI is InChI=1S/C27H34N2/c1-2-4-7-11-17-27-19-15-23-29(25-27)21-13-9-5-8-12-20-28-22-14-18-26(24-28)16-10-6-3-1/h14-15,18-19,22-25H,1-9,12-13,20-21H2/q+2. The molecule has 0 amide bonds. The number of aromatic nitrogens is 2. The molecule has 150 valence electrons. The second kappa shape index (κ2) is 12.8. The first-order chi connectivity index (χ1) is 14.4. The highest BCUT2D eigenvalue weighted by Crippen LogP contribution is 2.06. The number of nitrogens with zero attached hydrogens (tertiary/aromatic N) is 2. The number of rotatable bonds is 0. The van der Waals surface area contributed by atoms with Crippen LogP contribution in [-0.2, 0) is 13.1 Å². The Kier molecular flexibility index (Phi) is 9.33. The number of fused-ring (bicyclic) bond motifs is 4. The van der Waals surface area contributed by atoms with Crippen LogP contribution in [0.4, 0.5) is 0 Å². The Labute approximate surface area is 177 Å². The quantitative estimate of drug-likeness (QED) is 0.446. The lowest BCUT2D eigenvalue weighted by Crippen LogP contribution is -2.33. The Morgan fingerprint density at radius 2 is 1.00 bits per heavy atom. The molecule has 0 spiro atoms. The van der Waals surface area contributed by atoms with Crippen molar-refractivity contribution in [2.75, 3.05) is 0 Å². The van der Waals surface area contributed by atoms with Gasteiger partial charge in [0.05, 0.1) is 11.1 Å². The molecule has 3 heterocycles. The van der Waals surface area contributed by atoms with Crippen molar-refractivity contribution in [2.24, 2.45) is 0 Å². The van der Waals surface area contributed by atoms with Crippen molar-refractivity contribution in [3.8, 4) is 23.7 Å². The van der Waals surface area contributed by atoms with Gasteiger partial charge in [-0.3, -0.25) is 0 Å². The normalized spacial score (nSPS) is 16.6. The van der Waals surface area contributed by atoms with E-state index < -0.39 is 0 Å². The Morgan fingerprint density at radius 1 is 0.552 bits per heavy atom. The molecule has 29 heavy (non-hydrogen) atoms. The van der Waals surface area contributed by atoms with Crippen LogP contribution < -0.4 is 9.13 Å². The van der Waals surface area contributed by atoms with Crippen LogP contribution in [0.3, 0.4) is 0 Å². The van der Waals surface area contributed by atoms with Gasteiger partial charge in [-0.05, 0) is 37.8 Å². The molecule has 0 aromatic carbocycles. The Balaban J connectivity index is 1.56. The van der Waals surface area contributed by atoms with E-state index in [0.29, 0.717) is 0 Å². The summed E-state index contributed by atoms with van der Waals surface area (Å²) in [6.45, 7) is 2.18. The monoisotopic (exact) mass is 386 g/mol. The zero-order valence-corrected chi connectivity index (χ0v) is 17.7. The summed E-state index contributed by atoms with van der Waals surface area (Å²) < 4.78 is 4.59. The SMILES string of the molecule is C1#Cc2ccc[n+](c2)CCCCCCC[n+]2cccc(c2)C#CCCCCCC1. The van der Waals surface area contributed by atoms with Crippen LogP contribution in [0.25, 0.3) is 0 Å². The summed E-state index contributed by atoms with van der Waals surface area (Å²) in [5.41, 5.74) is 2.28. The largest absolute Gasteiger partial charge is 0.204 e. The third kappa shape index (κ3) is 8.53. The summed E-state index contributed by atoms with van der Waals surface area (Å²) in [5, 5.41) is 0. The van der Waals surface area contributed by atoms with Gasteiger partial charge in [0, 0.05) is 37.8 Å². The van der Waals surface area contributed by atoms with E-state index in [9.17, 15) is 0 Å². The zero-order chi connectivity index (χ0) is 20.0. The van der Waals surface area contributed by atoms with Crippen molar-refractivity contribution < 1.29 is 9.13 Å². The first kappa shape index (κ1) is 21.1. The van der Waals surface area contributed by atoms with Crippen LogP contribution in [0.15, 0.2) is 49.1 Å². The molecule has 0 radical (unpaired) electrons. The average molecular weight is 387 g/mol. The fraction of sp³-hybridized carbons (Fsp3) is 0.481. The summed E-state index contributed by atoms with van der Waals surface area (Å²) in [7, 11) is 0. The molecule has 0 atom stereocenters. The molecule has 4 bridgehead atoms. The Bertz CT molecular complexity index is 803. The summed E-state index contributed by atoms with van der Waals surface area (Å²) in [6.07, 6.45) is 21.9. The fourth-order valence-corrected chi connectivity index (χ4v) is 3.70. The minimum Gasteiger partial charge on any atom is -0.204 e. The van der Waals surface area contributed by atoms with Crippen LogP contribution in [0.5, 0.6) is 0 Å². The number of hydrogen-bond acceptors (Lipinski definition) is 0. The summed E-state index contributed by atoms with van der Waals surface area (Å²) in [4.78, 5) is 0. The number of pyridine rings is 2. The number of aryl methyl sites for hydroxylation is 2. The van der Waals surface area contributed by atoms with Crippen LogP contribution in [-0.4, -0.2) is 0 Å². The first-order valence-electron chi connectivity index (χ1n) is 11.4. The smallest absolute Gasteiger partial charge is 0.184 e. The van der Waals surface area contributed by atoms with Gasteiger partial charge in [0.2, 0.25) is 0 Å². The number of hydrogen-bond donors (Lipinski definition) is 0. The van der Waals surface area contributed by atoms with Gasteiger partial charge in [0.15, 0.2) is 24.8 Å². The molecule has 2 aromatic rings. The van der Waals surface area contributed by atoms with Gasteiger partial charge in [0.25, 0.3) is 0 Å². The molecule has 0 aliphatic carbocycles. The summed E-state index contributed by atoms with van der Waals surface area (Å²) in [6, 6.07) is 8.49. The van der Waals surface area contributed by atoms with E-state index in [1.54, 1.807) is 0 Å². The van der Waals surface area contributed by atoms with E-state index in [0.717, 1.165) is 37.1 Å². The molecule has 0 saturated carbocycles. The molecule has 2 heteroatoms. The van der Waals surface area contributed by atoms with Crippen molar-refractivity contribution in [1.82, 2.24) is 0 Å². The van der Waals surface area contributed by atoms with E-state index in [2.05, 4.69) is 81.9 Å². The highest BCUT2D eigenvalue weighted by molar-refractivity contribution is 5.30. The van der Waals surface area contributed by atoms with Crippen molar-refractivity contribution in [1.29, 1.82) is 0 Å². The molecule has 0 saturated heterocycles. The molecule has 1 aliphatic rings. The molecule has 0 unspecified atom stereocenters. The second-order valence-corrected chi connectivity index (χ2v) is 7.95. The lowest BCUT2D eigenvalue weighted by atomic mass is 10.1. The molecule has 2 aromatic heterocycles. The third-order valence-electron chi connectivity index (χ3n) is 5.37. The molecular weight excluding hydrogens is 352 g/mol. The third-order valence-corrected chi connectivity index (χ3v) is 5.37. The molecule has 2 nitrogen and oxygen atoms in total. The zero-order valence-electron chi connectivity index (χ0n) is 17.7. The lowest BCUT2D eigenvalue weighted by molar-refractivity contribution is -0.697. The fourth-order valence-electron chi connectivity index (χ4n) is 3.70. The summed E-state index contributed by atoms with van der Waals surface area (Å²) >= 11 is 0. The maximum Gasteiger partial charge on any atom is 0.184 e. The Hall–Kier alpha value is -2.58. The highest BCUT2D eigenvalue weighted by atomic mass is 14.9. The maximum atomic E-state index is 3.35. The van der Waals surface area contributed by atoms with Gasteiger partial charge >= 0.3 is 0 Å².